The molecule has 1 amide bonds. The topological polar surface area (TPSA) is 144 Å². The van der Waals surface area contributed by atoms with Gasteiger partial charge >= 0.3 is 5.69 Å². The third-order valence-electron chi connectivity index (χ3n) is 6.99. The molecule has 0 spiro atoms. The Bertz CT molecular complexity index is 1930. The Labute approximate surface area is 237 Å². The van der Waals surface area contributed by atoms with Crippen molar-refractivity contribution in [1.29, 1.82) is 0 Å². The molecule has 1 atom stereocenters. The maximum Gasteiger partial charge on any atom is 0.355 e. The Hall–Kier alpha value is -4.63. The van der Waals surface area contributed by atoms with Gasteiger partial charge in [-0.25, -0.2) is 41.1 Å². The lowest BCUT2D eigenvalue weighted by molar-refractivity contribution is -0.126. The highest BCUT2D eigenvalue weighted by Crippen LogP contribution is 2.34. The number of amides is 1. The van der Waals surface area contributed by atoms with E-state index in [0.29, 0.717) is 0 Å². The molecule has 0 unspecified atom stereocenters. The number of aromatic nitrogens is 4. The number of halogens is 3. The highest BCUT2D eigenvalue weighted by atomic mass is 32.2. The largest absolute Gasteiger partial charge is 0.355 e. The van der Waals surface area contributed by atoms with Gasteiger partial charge in [-0.2, -0.15) is 4.98 Å². The van der Waals surface area contributed by atoms with Crippen molar-refractivity contribution >= 4 is 32.8 Å². The number of nitrogens with zero attached hydrogens (tertiary/aromatic N) is 6. The summed E-state index contributed by atoms with van der Waals surface area (Å²) in [6, 6.07) is 4.53. The van der Waals surface area contributed by atoms with E-state index in [0.717, 1.165) is 34.9 Å². The Morgan fingerprint density at radius 3 is 2.43 bits per heavy atom. The summed E-state index contributed by atoms with van der Waals surface area (Å²) in [6.07, 6.45) is 2.35. The second-order valence-electron chi connectivity index (χ2n) is 9.66. The molecule has 1 saturated heterocycles. The van der Waals surface area contributed by atoms with Crippen molar-refractivity contribution in [2.45, 2.75) is 24.8 Å². The summed E-state index contributed by atoms with van der Waals surface area (Å²) >= 11 is 0. The number of rotatable bonds is 5. The number of hydrogen-bond donors (Lipinski definition) is 1. The lowest BCUT2D eigenvalue weighted by atomic mass is 10.1. The first-order valence-electron chi connectivity index (χ1n) is 12.6. The monoisotopic (exact) mass is 599 g/mol. The van der Waals surface area contributed by atoms with E-state index >= 15 is 4.39 Å². The van der Waals surface area contributed by atoms with Crippen molar-refractivity contribution in [3.8, 4) is 16.9 Å². The number of piperazine rings is 1. The Morgan fingerprint density at radius 2 is 1.81 bits per heavy atom. The Kier molecular flexibility index (Phi) is 7.32. The van der Waals surface area contributed by atoms with Crippen molar-refractivity contribution in [3.63, 3.8) is 0 Å². The second kappa shape index (κ2) is 10.6. The summed E-state index contributed by atoms with van der Waals surface area (Å²) in [6.45, 7) is 7.31. The summed E-state index contributed by atoms with van der Waals surface area (Å²) in [5, 5.41) is 5.37. The van der Waals surface area contributed by atoms with E-state index in [-0.39, 0.29) is 53.8 Å². The summed E-state index contributed by atoms with van der Waals surface area (Å²) in [4.78, 5) is 41.1. The normalized spacial score (nSPS) is 15.7. The first kappa shape index (κ1) is 28.9. The summed E-state index contributed by atoms with van der Waals surface area (Å²) < 4.78 is 71.0. The van der Waals surface area contributed by atoms with Crippen molar-refractivity contribution in [3.05, 3.63) is 82.8 Å². The molecule has 0 aliphatic carbocycles. The van der Waals surface area contributed by atoms with Crippen molar-refractivity contribution in [2.75, 3.05) is 24.5 Å². The zero-order valence-corrected chi connectivity index (χ0v) is 23.2. The number of sulfonamides is 1. The lowest BCUT2D eigenvalue weighted by Crippen LogP contribution is -2.54. The molecule has 0 bridgehead atoms. The third-order valence-corrected chi connectivity index (χ3v) is 7.93. The van der Waals surface area contributed by atoms with E-state index in [1.165, 1.54) is 19.2 Å². The van der Waals surface area contributed by atoms with E-state index < -0.39 is 55.4 Å². The number of nitrogens with two attached hydrogens (primary N) is 1. The van der Waals surface area contributed by atoms with Crippen LogP contribution in [0.15, 0.2) is 58.9 Å². The quantitative estimate of drug-likeness (QED) is 0.345. The van der Waals surface area contributed by atoms with Crippen LogP contribution in [0.25, 0.3) is 28.0 Å². The summed E-state index contributed by atoms with van der Waals surface area (Å²) in [5.41, 5.74) is -3.18. The number of pyridine rings is 2. The van der Waals surface area contributed by atoms with Crippen LogP contribution in [-0.4, -0.2) is 64.4 Å². The van der Waals surface area contributed by atoms with Gasteiger partial charge in [-0.15, -0.1) is 0 Å². The Morgan fingerprint density at radius 1 is 1.12 bits per heavy atom. The molecule has 4 aromatic rings. The SMILES string of the molecule is C=CC(=O)N1CCN(c2nc(=O)n(-c3c(S(N)(=O)=O)ccnc3C)c3nc(-c4c(F)cccc4F)c(F)cc23)[C@@H](C)C1. The third kappa shape index (κ3) is 4.90. The van der Waals surface area contributed by atoms with Crippen LogP contribution in [-0.2, 0) is 14.8 Å². The molecule has 4 heterocycles. The number of carbonyl (C=O) groups is 1. The first-order chi connectivity index (χ1) is 19.8. The molecule has 2 N–H and O–H groups in total. The number of primary sulfonamides is 1. The predicted molar refractivity (Wildman–Crippen MR) is 148 cm³/mol. The molecule has 11 nitrogen and oxygen atoms in total. The molecule has 1 aromatic carbocycles. The summed E-state index contributed by atoms with van der Waals surface area (Å²) in [7, 11) is -4.43. The van der Waals surface area contributed by atoms with E-state index in [2.05, 4.69) is 21.5 Å². The molecular formula is C27H24F3N7O4S. The fraction of sp³-hybridized carbons (Fsp3) is 0.222. The molecular weight excluding hydrogens is 575 g/mol. The number of anilines is 1. The minimum Gasteiger partial charge on any atom is -0.350 e. The predicted octanol–water partition coefficient (Wildman–Crippen LogP) is 2.44. The fourth-order valence-electron chi connectivity index (χ4n) is 5.06. The molecule has 42 heavy (non-hydrogen) atoms. The van der Waals surface area contributed by atoms with Crippen molar-refractivity contribution in [1.82, 2.24) is 24.4 Å². The smallest absolute Gasteiger partial charge is 0.350 e. The molecule has 218 valence electrons. The standard InChI is InChI=1S/C27H24F3N7O4S/c1-4-21(38)35-10-11-36(14(2)13-35)25-16-12-19(30)23(22-17(28)6-5-7-18(22)29)33-26(16)37(27(39)34-25)24-15(3)32-9-8-20(24)42(31,40)41/h4-9,12,14H,1,10-11,13H2,2-3H3,(H2,31,40,41)/t14-/m0/s1. The number of benzene rings is 1. The van der Waals surface area contributed by atoms with Crippen LogP contribution in [0.1, 0.15) is 12.6 Å². The Balaban J connectivity index is 1.86. The molecule has 1 fully saturated rings. The van der Waals surface area contributed by atoms with Crippen LogP contribution in [0.3, 0.4) is 0 Å². The zero-order valence-electron chi connectivity index (χ0n) is 22.4. The number of aryl methyl sites for hydroxylation is 1. The van der Waals surface area contributed by atoms with Crippen LogP contribution in [0.4, 0.5) is 19.0 Å². The molecule has 0 saturated carbocycles. The molecule has 1 aliphatic rings. The summed E-state index contributed by atoms with van der Waals surface area (Å²) in [5.74, 6) is -3.65. The average Bonchev–Trinajstić information content (AvgIpc) is 2.92. The van der Waals surface area contributed by atoms with Crippen LogP contribution in [0.2, 0.25) is 0 Å². The van der Waals surface area contributed by atoms with Crippen molar-refractivity contribution in [2.24, 2.45) is 5.14 Å². The minimum atomic E-state index is -4.43. The van der Waals surface area contributed by atoms with Gasteiger partial charge in [-0.3, -0.25) is 9.78 Å². The van der Waals surface area contributed by atoms with Gasteiger partial charge in [0, 0.05) is 31.9 Å². The van der Waals surface area contributed by atoms with Gasteiger partial charge in [-0.05, 0) is 44.2 Å². The van der Waals surface area contributed by atoms with Gasteiger partial charge < -0.3 is 9.80 Å². The molecule has 5 rings (SSSR count). The fourth-order valence-corrected chi connectivity index (χ4v) is 5.82. The lowest BCUT2D eigenvalue weighted by Gasteiger charge is -2.40. The van der Waals surface area contributed by atoms with Gasteiger partial charge in [0.25, 0.3) is 0 Å². The van der Waals surface area contributed by atoms with Gasteiger partial charge in [0.05, 0.1) is 22.3 Å². The van der Waals surface area contributed by atoms with E-state index in [9.17, 15) is 26.8 Å². The molecule has 3 aromatic heterocycles. The number of carbonyl (C=O) groups excluding carboxylic acids is 1. The van der Waals surface area contributed by atoms with E-state index in [1.54, 1.807) is 16.7 Å². The van der Waals surface area contributed by atoms with Crippen LogP contribution < -0.4 is 15.7 Å². The highest BCUT2D eigenvalue weighted by molar-refractivity contribution is 7.89. The van der Waals surface area contributed by atoms with E-state index in [4.69, 9.17) is 5.14 Å². The molecule has 15 heteroatoms. The highest BCUT2D eigenvalue weighted by Gasteiger charge is 2.31. The molecule has 1 aliphatic heterocycles. The molecule has 0 radical (unpaired) electrons. The van der Waals surface area contributed by atoms with Gasteiger partial charge in [0.15, 0.2) is 11.5 Å². The second-order valence-corrected chi connectivity index (χ2v) is 11.2. The van der Waals surface area contributed by atoms with Gasteiger partial charge in [-0.1, -0.05) is 12.6 Å². The maximum atomic E-state index is 15.7. The number of fused-ring (bicyclic) bond motifs is 1. The van der Waals surface area contributed by atoms with Gasteiger partial charge in [0.1, 0.15) is 28.0 Å². The van der Waals surface area contributed by atoms with Crippen LogP contribution >= 0.6 is 0 Å². The number of hydrogen-bond acceptors (Lipinski definition) is 8. The average molecular weight is 600 g/mol. The van der Waals surface area contributed by atoms with E-state index in [1.807, 2.05) is 0 Å². The van der Waals surface area contributed by atoms with Crippen molar-refractivity contribution < 1.29 is 26.4 Å². The van der Waals surface area contributed by atoms with Crippen LogP contribution in [0.5, 0.6) is 0 Å². The minimum absolute atomic E-state index is 0.0184. The maximum absolute atomic E-state index is 15.7. The van der Waals surface area contributed by atoms with Gasteiger partial charge in [0.2, 0.25) is 15.9 Å². The van der Waals surface area contributed by atoms with Crippen LogP contribution in [0, 0.1) is 24.4 Å². The first-order valence-corrected chi connectivity index (χ1v) is 14.1. The zero-order chi connectivity index (χ0) is 30.5.